The summed E-state index contributed by atoms with van der Waals surface area (Å²) in [6.07, 6.45) is 0. The molecular formula is C17H19N3O6. The number of nitrogens with zero attached hydrogens (tertiary/aromatic N) is 3. The Hall–Kier alpha value is -3.10. The van der Waals surface area contributed by atoms with E-state index in [0.29, 0.717) is 23.0 Å². The molecule has 0 bridgehead atoms. The largest absolute Gasteiger partial charge is 0.454 e. The number of ether oxygens (including phenoxy) is 3. The SMILES string of the molecule is C/C(=N/OCC(=O)OCc1nc(C(C)C)no1)c1ccc2c(c1)OCO2. The summed E-state index contributed by atoms with van der Waals surface area (Å²) >= 11 is 0. The van der Waals surface area contributed by atoms with E-state index in [0.717, 1.165) is 5.56 Å². The molecule has 0 radical (unpaired) electrons. The molecular weight excluding hydrogens is 342 g/mol. The van der Waals surface area contributed by atoms with Crippen LogP contribution in [0.1, 0.15) is 44.0 Å². The second-order valence-electron chi connectivity index (χ2n) is 5.88. The number of rotatable bonds is 7. The maximum atomic E-state index is 11.7. The number of carbonyl (C=O) groups excluding carboxylic acids is 1. The van der Waals surface area contributed by atoms with Crippen LogP contribution in [0.2, 0.25) is 0 Å². The first kappa shape index (κ1) is 17.7. The van der Waals surface area contributed by atoms with E-state index in [1.54, 1.807) is 19.1 Å². The van der Waals surface area contributed by atoms with Crippen molar-refractivity contribution in [2.24, 2.45) is 5.16 Å². The first-order chi connectivity index (χ1) is 12.5. The summed E-state index contributed by atoms with van der Waals surface area (Å²) in [6.45, 7) is 5.41. The molecule has 0 saturated heterocycles. The minimum absolute atomic E-state index is 0.104. The number of benzene rings is 1. The quantitative estimate of drug-likeness (QED) is 0.420. The van der Waals surface area contributed by atoms with Gasteiger partial charge in [-0.05, 0) is 25.1 Å². The molecule has 1 aliphatic heterocycles. The highest BCUT2D eigenvalue weighted by Gasteiger charge is 2.15. The van der Waals surface area contributed by atoms with Crippen LogP contribution in [0, 0.1) is 0 Å². The van der Waals surface area contributed by atoms with Crippen LogP contribution in [0.15, 0.2) is 27.9 Å². The molecule has 2 aromatic rings. The Bertz CT molecular complexity index is 815. The molecule has 0 unspecified atom stereocenters. The number of carbonyl (C=O) groups is 1. The minimum atomic E-state index is -0.587. The van der Waals surface area contributed by atoms with E-state index in [-0.39, 0.29) is 31.8 Å². The third-order valence-corrected chi connectivity index (χ3v) is 3.53. The molecule has 9 nitrogen and oxygen atoms in total. The van der Waals surface area contributed by atoms with Crippen LogP contribution < -0.4 is 9.47 Å². The van der Waals surface area contributed by atoms with E-state index in [4.69, 9.17) is 23.6 Å². The minimum Gasteiger partial charge on any atom is -0.454 e. The van der Waals surface area contributed by atoms with Crippen molar-refractivity contribution in [1.29, 1.82) is 0 Å². The van der Waals surface area contributed by atoms with Gasteiger partial charge in [0.15, 0.2) is 23.9 Å². The summed E-state index contributed by atoms with van der Waals surface area (Å²) in [6, 6.07) is 5.42. The summed E-state index contributed by atoms with van der Waals surface area (Å²) in [5.74, 6) is 1.69. The highest BCUT2D eigenvalue weighted by molar-refractivity contribution is 5.99. The van der Waals surface area contributed by atoms with Crippen LogP contribution in [0.25, 0.3) is 0 Å². The van der Waals surface area contributed by atoms with Gasteiger partial charge in [0, 0.05) is 11.5 Å². The molecule has 0 amide bonds. The molecule has 0 spiro atoms. The fraction of sp³-hybridized carbons (Fsp3) is 0.412. The first-order valence-electron chi connectivity index (χ1n) is 8.07. The van der Waals surface area contributed by atoms with Crippen molar-refractivity contribution in [2.45, 2.75) is 33.3 Å². The number of hydrogen-bond acceptors (Lipinski definition) is 9. The molecule has 0 atom stereocenters. The molecule has 0 N–H and O–H groups in total. The molecule has 138 valence electrons. The van der Waals surface area contributed by atoms with Gasteiger partial charge >= 0.3 is 5.97 Å². The van der Waals surface area contributed by atoms with Crippen molar-refractivity contribution in [1.82, 2.24) is 10.1 Å². The zero-order valence-corrected chi connectivity index (χ0v) is 14.7. The van der Waals surface area contributed by atoms with Gasteiger partial charge < -0.3 is 23.6 Å². The number of fused-ring (bicyclic) bond motifs is 1. The highest BCUT2D eigenvalue weighted by atomic mass is 16.7. The third-order valence-electron chi connectivity index (χ3n) is 3.53. The zero-order valence-electron chi connectivity index (χ0n) is 14.7. The summed E-state index contributed by atoms with van der Waals surface area (Å²) in [5.41, 5.74) is 1.39. The van der Waals surface area contributed by atoms with Gasteiger partial charge in [-0.25, -0.2) is 4.79 Å². The fourth-order valence-electron chi connectivity index (χ4n) is 2.10. The second kappa shape index (κ2) is 7.85. The Balaban J connectivity index is 1.45. The summed E-state index contributed by atoms with van der Waals surface area (Å²) in [7, 11) is 0. The zero-order chi connectivity index (χ0) is 18.5. The Labute approximate surface area is 149 Å². The normalized spacial score (nSPS) is 13.2. The second-order valence-corrected chi connectivity index (χ2v) is 5.88. The van der Waals surface area contributed by atoms with Crippen molar-refractivity contribution in [3.8, 4) is 11.5 Å². The van der Waals surface area contributed by atoms with E-state index < -0.39 is 5.97 Å². The van der Waals surface area contributed by atoms with Crippen LogP contribution in [-0.4, -0.2) is 35.2 Å². The van der Waals surface area contributed by atoms with E-state index in [9.17, 15) is 4.79 Å². The topological polar surface area (TPSA) is 105 Å². The molecule has 1 aromatic heterocycles. The number of aromatic nitrogens is 2. The van der Waals surface area contributed by atoms with Crippen molar-refractivity contribution >= 4 is 11.7 Å². The van der Waals surface area contributed by atoms with Gasteiger partial charge in [0.25, 0.3) is 5.89 Å². The summed E-state index contributed by atoms with van der Waals surface area (Å²) < 4.78 is 20.6. The van der Waals surface area contributed by atoms with Crippen molar-refractivity contribution in [2.75, 3.05) is 13.4 Å². The average molecular weight is 361 g/mol. The van der Waals surface area contributed by atoms with Crippen molar-refractivity contribution < 1.29 is 28.4 Å². The maximum Gasteiger partial charge on any atom is 0.347 e. The van der Waals surface area contributed by atoms with E-state index in [1.807, 2.05) is 19.9 Å². The van der Waals surface area contributed by atoms with Gasteiger partial charge in [-0.2, -0.15) is 4.98 Å². The fourth-order valence-corrected chi connectivity index (χ4v) is 2.10. The molecule has 0 fully saturated rings. The Kier molecular flexibility index (Phi) is 5.35. The Morgan fingerprint density at radius 2 is 2.12 bits per heavy atom. The third kappa shape index (κ3) is 4.29. The van der Waals surface area contributed by atoms with Crippen LogP contribution in [0.3, 0.4) is 0 Å². The lowest BCUT2D eigenvalue weighted by molar-refractivity contribution is -0.151. The van der Waals surface area contributed by atoms with Crippen LogP contribution >= 0.6 is 0 Å². The Morgan fingerprint density at radius 3 is 2.88 bits per heavy atom. The molecule has 3 rings (SSSR count). The van der Waals surface area contributed by atoms with E-state index >= 15 is 0 Å². The summed E-state index contributed by atoms with van der Waals surface area (Å²) in [5, 5.41) is 7.70. The van der Waals surface area contributed by atoms with Crippen LogP contribution in [0.5, 0.6) is 11.5 Å². The highest BCUT2D eigenvalue weighted by Crippen LogP contribution is 2.32. The van der Waals surface area contributed by atoms with Gasteiger partial charge in [0.2, 0.25) is 13.4 Å². The smallest absolute Gasteiger partial charge is 0.347 e. The van der Waals surface area contributed by atoms with Gasteiger partial charge in [-0.1, -0.05) is 24.2 Å². The van der Waals surface area contributed by atoms with Crippen LogP contribution in [-0.2, 0) is 21.0 Å². The lowest BCUT2D eigenvalue weighted by Gasteiger charge is -2.04. The van der Waals surface area contributed by atoms with E-state index in [1.165, 1.54) is 0 Å². The van der Waals surface area contributed by atoms with E-state index in [2.05, 4.69) is 15.3 Å². The lowest BCUT2D eigenvalue weighted by atomic mass is 10.1. The predicted octanol–water partition coefficient (Wildman–Crippen LogP) is 2.41. The molecule has 0 saturated carbocycles. The summed E-state index contributed by atoms with van der Waals surface area (Å²) in [4.78, 5) is 20.8. The molecule has 9 heteroatoms. The molecule has 26 heavy (non-hydrogen) atoms. The number of esters is 1. The average Bonchev–Trinajstić information content (AvgIpc) is 3.28. The predicted molar refractivity (Wildman–Crippen MR) is 88.9 cm³/mol. The Morgan fingerprint density at radius 1 is 1.31 bits per heavy atom. The van der Waals surface area contributed by atoms with Crippen molar-refractivity contribution in [3.63, 3.8) is 0 Å². The van der Waals surface area contributed by atoms with Crippen LogP contribution in [0.4, 0.5) is 0 Å². The molecule has 0 aliphatic carbocycles. The molecule has 2 heterocycles. The van der Waals surface area contributed by atoms with Gasteiger partial charge in [0.05, 0.1) is 5.71 Å². The lowest BCUT2D eigenvalue weighted by Crippen LogP contribution is -2.11. The number of oxime groups is 1. The molecule has 1 aromatic carbocycles. The molecule has 1 aliphatic rings. The van der Waals surface area contributed by atoms with Crippen molar-refractivity contribution in [3.05, 3.63) is 35.5 Å². The van der Waals surface area contributed by atoms with Gasteiger partial charge in [0.1, 0.15) is 0 Å². The first-order valence-corrected chi connectivity index (χ1v) is 8.07. The maximum absolute atomic E-state index is 11.7. The monoisotopic (exact) mass is 361 g/mol. The van der Waals surface area contributed by atoms with Gasteiger partial charge in [-0.15, -0.1) is 0 Å². The standard InChI is InChI=1S/C17H19N3O6/c1-10(2)17-18-15(26-20-17)7-22-16(21)8-25-19-11(3)12-4-5-13-14(6-12)24-9-23-13/h4-6,10H,7-9H2,1-3H3/b19-11-. The number of hydrogen-bond donors (Lipinski definition) is 0. The van der Waals surface area contributed by atoms with Gasteiger partial charge in [-0.3, -0.25) is 0 Å².